The first kappa shape index (κ1) is 46.4. The molecule has 14 nitrogen and oxygen atoms in total. The number of aromatic nitrogens is 3. The van der Waals surface area contributed by atoms with Crippen LogP contribution in [0.1, 0.15) is 101 Å². The summed E-state index contributed by atoms with van der Waals surface area (Å²) >= 11 is 6.34. The quantitative estimate of drug-likeness (QED) is 0.0577. The number of rotatable bonds is 24. The maximum Gasteiger partial charge on any atom is 0.345 e. The Labute approximate surface area is 351 Å². The second-order valence-corrected chi connectivity index (χ2v) is 16.4. The van der Waals surface area contributed by atoms with E-state index >= 15 is 0 Å². The highest BCUT2D eigenvalue weighted by molar-refractivity contribution is 6.32. The van der Waals surface area contributed by atoms with Crippen LogP contribution in [0.2, 0.25) is 5.02 Å². The molecule has 0 bridgehead atoms. The van der Waals surface area contributed by atoms with Crippen molar-refractivity contribution in [2.24, 2.45) is 23.7 Å². The van der Waals surface area contributed by atoms with Crippen molar-refractivity contribution >= 4 is 41.3 Å². The average molecular weight is 836 g/mol. The van der Waals surface area contributed by atoms with E-state index in [0.717, 1.165) is 30.5 Å². The van der Waals surface area contributed by atoms with E-state index in [9.17, 15) is 29.1 Å². The van der Waals surface area contributed by atoms with E-state index in [1.165, 1.54) is 25.7 Å². The summed E-state index contributed by atoms with van der Waals surface area (Å²) in [6.45, 7) is 7.91. The normalized spacial score (nSPS) is 17.1. The van der Waals surface area contributed by atoms with Crippen LogP contribution in [0.5, 0.6) is 5.75 Å². The first-order valence-electron chi connectivity index (χ1n) is 20.3. The SMILES string of the molecule is COc1ccc(CC(NC(=O)C=CCCC(C)C2CCC2c2ccc(Cn3cc(CCCC(=O)O)nn3)cc2)C(=O)NCC(C)C(=O)OC(CC(C)C)C(=O)O)cc1Cl. The number of nitrogens with one attached hydrogen (secondary N) is 2. The molecule has 0 spiro atoms. The van der Waals surface area contributed by atoms with Gasteiger partial charge in [0.2, 0.25) is 11.8 Å². The number of allylic oxidation sites excluding steroid dienone is 1. The maximum atomic E-state index is 13.5. The number of aryl methyl sites for hydroxylation is 1. The maximum absolute atomic E-state index is 13.5. The van der Waals surface area contributed by atoms with Gasteiger partial charge in [-0.05, 0) is 104 Å². The first-order valence-corrected chi connectivity index (χ1v) is 20.7. The number of halogens is 1. The molecule has 0 radical (unpaired) electrons. The van der Waals surface area contributed by atoms with Gasteiger partial charge in [0, 0.05) is 25.6 Å². The number of ether oxygens (including phenoxy) is 2. The van der Waals surface area contributed by atoms with E-state index in [1.807, 2.05) is 26.1 Å². The number of nitrogens with zero attached hydrogens (tertiary/aromatic N) is 3. The highest BCUT2D eigenvalue weighted by Crippen LogP contribution is 2.47. The highest BCUT2D eigenvalue weighted by atomic mass is 35.5. The molecule has 4 rings (SSSR count). The Kier molecular flexibility index (Phi) is 17.9. The van der Waals surface area contributed by atoms with Gasteiger partial charge in [0.25, 0.3) is 0 Å². The largest absolute Gasteiger partial charge is 0.495 e. The van der Waals surface area contributed by atoms with Gasteiger partial charge in [0.15, 0.2) is 6.10 Å². The van der Waals surface area contributed by atoms with Gasteiger partial charge in [-0.3, -0.25) is 19.2 Å². The summed E-state index contributed by atoms with van der Waals surface area (Å²) in [5.41, 5.74) is 3.88. The van der Waals surface area contributed by atoms with E-state index in [-0.39, 0.29) is 31.7 Å². The van der Waals surface area contributed by atoms with Gasteiger partial charge >= 0.3 is 17.9 Å². The number of carboxylic acids is 2. The van der Waals surface area contributed by atoms with Gasteiger partial charge in [-0.1, -0.05) is 80.9 Å². The van der Waals surface area contributed by atoms with E-state index in [1.54, 1.807) is 22.9 Å². The van der Waals surface area contributed by atoms with Crippen molar-refractivity contribution in [3.8, 4) is 5.75 Å². The Bertz CT molecular complexity index is 1910. The summed E-state index contributed by atoms with van der Waals surface area (Å²) in [5.74, 6) is -2.69. The van der Waals surface area contributed by atoms with Crippen LogP contribution in [0.4, 0.5) is 0 Å². The number of hydrogen-bond donors (Lipinski definition) is 4. The van der Waals surface area contributed by atoms with Gasteiger partial charge in [0.05, 0.1) is 30.3 Å². The number of carbonyl (C=O) groups is 5. The summed E-state index contributed by atoms with van der Waals surface area (Å²) < 4.78 is 12.2. The second-order valence-electron chi connectivity index (χ2n) is 16.0. The lowest BCUT2D eigenvalue weighted by atomic mass is 9.64. The van der Waals surface area contributed by atoms with Gasteiger partial charge in [-0.25, -0.2) is 9.48 Å². The molecule has 6 atom stereocenters. The number of amides is 2. The zero-order valence-electron chi connectivity index (χ0n) is 34.6. The Hall–Kier alpha value is -5.24. The molecule has 1 aliphatic rings. The van der Waals surface area contributed by atoms with Crippen molar-refractivity contribution in [2.75, 3.05) is 13.7 Å². The smallest absolute Gasteiger partial charge is 0.345 e. The molecule has 2 aromatic carbocycles. The fourth-order valence-electron chi connectivity index (χ4n) is 7.24. The Balaban J connectivity index is 1.28. The number of aliphatic carboxylic acids is 2. The summed E-state index contributed by atoms with van der Waals surface area (Å²) in [6, 6.07) is 12.7. The van der Waals surface area contributed by atoms with Gasteiger partial charge in [-0.2, -0.15) is 0 Å². The number of carboxylic acid groups (broad SMARTS) is 2. The highest BCUT2D eigenvalue weighted by Gasteiger charge is 2.35. The molecule has 1 saturated carbocycles. The minimum atomic E-state index is -1.28. The lowest BCUT2D eigenvalue weighted by molar-refractivity contribution is -0.167. The zero-order chi connectivity index (χ0) is 43.1. The molecule has 3 aromatic rings. The van der Waals surface area contributed by atoms with Crippen molar-refractivity contribution in [3.63, 3.8) is 0 Å². The minimum Gasteiger partial charge on any atom is -0.495 e. The third-order valence-corrected chi connectivity index (χ3v) is 11.1. The van der Waals surface area contributed by atoms with E-state index in [2.05, 4.69) is 52.1 Å². The molecule has 1 aromatic heterocycles. The standard InChI is InChI=1S/C44H58ClN5O9/c1-27(2)21-39(43(55)56)59-44(57)29(4)24-46-42(54)37(23-31-15-20-38(58-5)36(45)22-31)47-40(51)11-7-6-9-28(3)34-18-19-35(34)32-16-13-30(14-17-32)25-50-26-33(48-49-50)10-8-12-41(52)53/h7,11,13-17,20,22,26-29,34-35,37,39H,6,8-10,12,18-19,21,23-25H2,1-5H3,(H,46,54)(H,47,51)(H,52,53)(H,55,56). The summed E-state index contributed by atoms with van der Waals surface area (Å²) in [7, 11) is 1.50. The fourth-order valence-corrected chi connectivity index (χ4v) is 7.52. The van der Waals surface area contributed by atoms with E-state index in [0.29, 0.717) is 59.9 Å². The topological polar surface area (TPSA) is 199 Å². The van der Waals surface area contributed by atoms with Crippen LogP contribution in [0.25, 0.3) is 0 Å². The molecule has 15 heteroatoms. The molecule has 1 heterocycles. The lowest BCUT2D eigenvalue weighted by Crippen LogP contribution is -2.49. The second kappa shape index (κ2) is 22.8. The summed E-state index contributed by atoms with van der Waals surface area (Å²) in [5, 5.41) is 32.5. The van der Waals surface area contributed by atoms with Crippen molar-refractivity contribution in [1.29, 1.82) is 0 Å². The van der Waals surface area contributed by atoms with Crippen molar-refractivity contribution < 1.29 is 43.7 Å². The van der Waals surface area contributed by atoms with Crippen LogP contribution in [-0.2, 0) is 48.1 Å². The van der Waals surface area contributed by atoms with Crippen LogP contribution in [0.15, 0.2) is 60.8 Å². The predicted octanol–water partition coefficient (Wildman–Crippen LogP) is 6.38. The van der Waals surface area contributed by atoms with Crippen LogP contribution in [0.3, 0.4) is 0 Å². The Morgan fingerprint density at radius 2 is 1.75 bits per heavy atom. The number of benzene rings is 2. The molecule has 2 amide bonds. The monoisotopic (exact) mass is 835 g/mol. The number of methoxy groups -OCH3 is 1. The Morgan fingerprint density at radius 1 is 1.02 bits per heavy atom. The number of carbonyl (C=O) groups excluding carboxylic acids is 3. The molecule has 6 unspecified atom stereocenters. The molecule has 4 N–H and O–H groups in total. The average Bonchev–Trinajstić information content (AvgIpc) is 3.61. The Morgan fingerprint density at radius 3 is 2.37 bits per heavy atom. The van der Waals surface area contributed by atoms with E-state index in [4.69, 9.17) is 26.2 Å². The minimum absolute atomic E-state index is 0.00228. The van der Waals surface area contributed by atoms with Gasteiger partial charge < -0.3 is 30.3 Å². The molecular weight excluding hydrogens is 778 g/mol. The molecule has 1 aliphatic carbocycles. The van der Waals surface area contributed by atoms with E-state index < -0.39 is 47.8 Å². The third kappa shape index (κ3) is 14.8. The molecule has 59 heavy (non-hydrogen) atoms. The predicted molar refractivity (Wildman–Crippen MR) is 222 cm³/mol. The van der Waals surface area contributed by atoms with Crippen LogP contribution in [0, 0.1) is 23.7 Å². The van der Waals surface area contributed by atoms with Crippen LogP contribution in [-0.4, -0.2) is 80.7 Å². The third-order valence-electron chi connectivity index (χ3n) is 10.8. The van der Waals surface area contributed by atoms with Crippen molar-refractivity contribution in [1.82, 2.24) is 25.6 Å². The van der Waals surface area contributed by atoms with Crippen molar-refractivity contribution in [2.45, 2.75) is 110 Å². The van der Waals surface area contributed by atoms with Crippen LogP contribution >= 0.6 is 11.6 Å². The van der Waals surface area contributed by atoms with Crippen molar-refractivity contribution in [3.05, 3.63) is 88.2 Å². The molecule has 0 saturated heterocycles. The van der Waals surface area contributed by atoms with Gasteiger partial charge in [-0.15, -0.1) is 5.10 Å². The molecule has 1 fully saturated rings. The molecular formula is C44H58ClN5O9. The summed E-state index contributed by atoms with van der Waals surface area (Å²) in [4.78, 5) is 61.7. The number of esters is 1. The summed E-state index contributed by atoms with van der Waals surface area (Å²) in [6.07, 6.45) is 9.19. The molecule has 320 valence electrons. The first-order chi connectivity index (χ1) is 28.1. The fraction of sp³-hybridized carbons (Fsp3) is 0.523. The zero-order valence-corrected chi connectivity index (χ0v) is 35.3. The lowest BCUT2D eigenvalue weighted by Gasteiger charge is -2.41. The number of hydrogen-bond acceptors (Lipinski definition) is 9. The van der Waals surface area contributed by atoms with Crippen LogP contribution < -0.4 is 15.4 Å². The molecule has 0 aliphatic heterocycles. The van der Waals surface area contributed by atoms with Gasteiger partial charge in [0.1, 0.15) is 11.8 Å².